The molecule has 2 aromatic heterocycles. The second-order valence-corrected chi connectivity index (χ2v) is 11.4. The van der Waals surface area contributed by atoms with Gasteiger partial charge in [-0.15, -0.1) is 0 Å². The fraction of sp³-hybridized carbons (Fsp3) is 0.276. The van der Waals surface area contributed by atoms with Crippen molar-refractivity contribution in [3.8, 4) is 17.0 Å². The fourth-order valence-corrected chi connectivity index (χ4v) is 6.61. The number of benzene rings is 2. The normalized spacial score (nSPS) is 15.0. The molecule has 1 aliphatic carbocycles. The molecule has 196 valence electrons. The Labute approximate surface area is 220 Å². The van der Waals surface area contributed by atoms with E-state index < -0.39 is 38.2 Å². The van der Waals surface area contributed by atoms with Crippen LogP contribution in [0.1, 0.15) is 62.4 Å². The summed E-state index contributed by atoms with van der Waals surface area (Å²) in [6.07, 6.45) is 5.50. The van der Waals surface area contributed by atoms with Crippen LogP contribution in [-0.2, 0) is 9.84 Å². The van der Waals surface area contributed by atoms with Crippen molar-refractivity contribution in [1.29, 1.82) is 0 Å². The quantitative estimate of drug-likeness (QED) is 0.309. The third kappa shape index (κ3) is 4.74. The first-order valence-electron chi connectivity index (χ1n) is 12.7. The molecule has 1 aliphatic rings. The van der Waals surface area contributed by atoms with Gasteiger partial charge in [0.25, 0.3) is 5.56 Å². The molecule has 2 heterocycles. The van der Waals surface area contributed by atoms with Crippen LogP contribution in [0.4, 0.5) is 4.39 Å². The lowest BCUT2D eigenvalue weighted by Crippen LogP contribution is -2.34. The van der Waals surface area contributed by atoms with Crippen molar-refractivity contribution in [3.63, 3.8) is 0 Å². The molecule has 0 bridgehead atoms. The van der Waals surface area contributed by atoms with Gasteiger partial charge in [0, 0.05) is 17.7 Å². The fourth-order valence-electron chi connectivity index (χ4n) is 5.26. The Morgan fingerprint density at radius 3 is 2.26 bits per heavy atom. The maximum absolute atomic E-state index is 14.0. The number of sulfone groups is 1. The van der Waals surface area contributed by atoms with Gasteiger partial charge < -0.3 is 5.11 Å². The summed E-state index contributed by atoms with van der Waals surface area (Å²) < 4.78 is 42.1. The van der Waals surface area contributed by atoms with E-state index in [9.17, 15) is 22.7 Å². The summed E-state index contributed by atoms with van der Waals surface area (Å²) in [5, 5.41) is 10.9. The second-order valence-electron chi connectivity index (χ2n) is 9.51. The molecule has 9 heteroatoms. The number of halogens is 1. The molecular weight excluding hydrogens is 505 g/mol. The van der Waals surface area contributed by atoms with Crippen LogP contribution in [0.15, 0.2) is 87.5 Å². The largest absolute Gasteiger partial charge is 0.492 e. The van der Waals surface area contributed by atoms with E-state index >= 15 is 0 Å². The van der Waals surface area contributed by atoms with Crippen molar-refractivity contribution in [2.24, 2.45) is 0 Å². The van der Waals surface area contributed by atoms with Crippen molar-refractivity contribution in [2.75, 3.05) is 0 Å². The molecule has 0 saturated heterocycles. The van der Waals surface area contributed by atoms with Crippen LogP contribution in [0.2, 0.25) is 0 Å². The van der Waals surface area contributed by atoms with Crippen LogP contribution in [-0.4, -0.2) is 28.1 Å². The van der Waals surface area contributed by atoms with E-state index in [0.717, 1.165) is 31.2 Å². The van der Waals surface area contributed by atoms with Crippen molar-refractivity contribution in [1.82, 2.24) is 14.5 Å². The minimum Gasteiger partial charge on any atom is -0.492 e. The predicted octanol–water partition coefficient (Wildman–Crippen LogP) is 5.64. The summed E-state index contributed by atoms with van der Waals surface area (Å²) in [6, 6.07) is 17.6. The van der Waals surface area contributed by atoms with Crippen molar-refractivity contribution < 1.29 is 17.9 Å². The molecule has 0 spiro atoms. The maximum atomic E-state index is 14.0. The molecule has 0 radical (unpaired) electrons. The lowest BCUT2D eigenvalue weighted by Gasteiger charge is -2.25. The van der Waals surface area contributed by atoms with E-state index in [1.807, 2.05) is 37.3 Å². The Kier molecular flexibility index (Phi) is 7.12. The van der Waals surface area contributed by atoms with Crippen LogP contribution >= 0.6 is 0 Å². The molecule has 4 aromatic rings. The second kappa shape index (κ2) is 10.5. The molecule has 2 aromatic carbocycles. The van der Waals surface area contributed by atoms with Crippen LogP contribution in [0.3, 0.4) is 0 Å². The monoisotopic (exact) mass is 533 g/mol. The van der Waals surface area contributed by atoms with E-state index in [2.05, 4.69) is 9.97 Å². The first-order valence-corrected chi connectivity index (χ1v) is 14.2. The number of aromatic hydroxyl groups is 1. The summed E-state index contributed by atoms with van der Waals surface area (Å²) in [4.78, 5) is 21.1. The minimum atomic E-state index is -4.41. The van der Waals surface area contributed by atoms with Crippen LogP contribution in [0.5, 0.6) is 5.88 Å². The highest BCUT2D eigenvalue weighted by atomic mass is 32.2. The smallest absolute Gasteiger partial charge is 0.277 e. The number of nitrogens with zero attached hydrogens (tertiary/aromatic N) is 3. The van der Waals surface area contributed by atoms with E-state index in [4.69, 9.17) is 0 Å². The molecular formula is C29H28FN3O4S. The zero-order chi connectivity index (χ0) is 26.9. The standard InChI is InChI=1S/C29H28FN3O4S/c1-2-24(20-8-4-3-5-9-20)33-27(21-10-6-7-11-21)32-28(34)26(29(33)35)38(36,37)23-15-12-19(13-16-23)22-14-17-25(30)31-18-22/h3-5,8-9,12-18,21,24,34H,2,6-7,10-11H2,1H3/t24-/m0/s1. The van der Waals surface area contributed by atoms with Gasteiger partial charge in [-0.25, -0.2) is 13.4 Å². The summed E-state index contributed by atoms with van der Waals surface area (Å²) in [7, 11) is -4.41. The third-order valence-electron chi connectivity index (χ3n) is 7.18. The Bertz CT molecular complexity index is 1600. The van der Waals surface area contributed by atoms with Gasteiger partial charge in [0.05, 0.1) is 10.9 Å². The van der Waals surface area contributed by atoms with Gasteiger partial charge >= 0.3 is 0 Å². The van der Waals surface area contributed by atoms with Gasteiger partial charge in [0.2, 0.25) is 21.7 Å². The average Bonchev–Trinajstić information content (AvgIpc) is 3.46. The Balaban J connectivity index is 1.64. The van der Waals surface area contributed by atoms with Gasteiger partial charge in [-0.2, -0.15) is 9.37 Å². The van der Waals surface area contributed by atoms with Crippen LogP contribution in [0.25, 0.3) is 11.1 Å². The Morgan fingerprint density at radius 2 is 1.66 bits per heavy atom. The first kappa shape index (κ1) is 25.8. The third-order valence-corrected chi connectivity index (χ3v) is 8.97. The Morgan fingerprint density at radius 1 is 1.00 bits per heavy atom. The maximum Gasteiger partial charge on any atom is 0.277 e. The zero-order valence-electron chi connectivity index (χ0n) is 20.9. The van der Waals surface area contributed by atoms with Crippen LogP contribution in [0, 0.1) is 5.95 Å². The summed E-state index contributed by atoms with van der Waals surface area (Å²) >= 11 is 0. The van der Waals surface area contributed by atoms with Gasteiger partial charge in [0.15, 0.2) is 4.90 Å². The number of hydrogen-bond donors (Lipinski definition) is 1. The molecule has 0 unspecified atom stereocenters. The summed E-state index contributed by atoms with van der Waals surface area (Å²) in [6.45, 7) is 1.94. The van der Waals surface area contributed by atoms with E-state index in [-0.39, 0.29) is 10.8 Å². The molecule has 1 N–H and O–H groups in total. The highest BCUT2D eigenvalue weighted by Crippen LogP contribution is 2.37. The first-order chi connectivity index (χ1) is 18.3. The number of aromatic nitrogens is 3. The lowest BCUT2D eigenvalue weighted by atomic mass is 10.0. The van der Waals surface area contributed by atoms with Crippen molar-refractivity contribution in [3.05, 3.63) is 101 Å². The molecule has 1 atom stereocenters. The molecule has 0 amide bonds. The van der Waals surface area contributed by atoms with Gasteiger partial charge in [-0.3, -0.25) is 9.36 Å². The molecule has 38 heavy (non-hydrogen) atoms. The van der Waals surface area contributed by atoms with Gasteiger partial charge in [-0.1, -0.05) is 62.2 Å². The number of rotatable bonds is 7. The average molecular weight is 534 g/mol. The van der Waals surface area contributed by atoms with Gasteiger partial charge in [0.1, 0.15) is 5.82 Å². The highest BCUT2D eigenvalue weighted by molar-refractivity contribution is 7.91. The molecule has 5 rings (SSSR count). The summed E-state index contributed by atoms with van der Waals surface area (Å²) in [5.74, 6) is -0.998. The number of hydrogen-bond acceptors (Lipinski definition) is 6. The highest BCUT2D eigenvalue weighted by Gasteiger charge is 2.34. The molecule has 7 nitrogen and oxygen atoms in total. The zero-order valence-corrected chi connectivity index (χ0v) is 21.7. The van der Waals surface area contributed by atoms with Crippen LogP contribution < -0.4 is 5.56 Å². The van der Waals surface area contributed by atoms with Crippen molar-refractivity contribution in [2.45, 2.75) is 60.8 Å². The van der Waals surface area contributed by atoms with Crippen molar-refractivity contribution >= 4 is 9.84 Å². The number of pyridine rings is 1. The topological polar surface area (TPSA) is 102 Å². The lowest BCUT2D eigenvalue weighted by molar-refractivity contribution is 0.399. The Hall–Kier alpha value is -3.85. The van der Waals surface area contributed by atoms with Gasteiger partial charge in [-0.05, 0) is 54.7 Å². The molecule has 1 saturated carbocycles. The minimum absolute atomic E-state index is 0.0354. The molecule has 0 aliphatic heterocycles. The van der Waals surface area contributed by atoms with E-state index in [1.54, 1.807) is 12.1 Å². The SMILES string of the molecule is CC[C@@H](c1ccccc1)n1c(C2CCCC2)nc(O)c(S(=O)(=O)c2ccc(-c3ccc(F)nc3)cc2)c1=O. The molecule has 1 fully saturated rings. The summed E-state index contributed by atoms with van der Waals surface area (Å²) in [5.41, 5.74) is 1.33. The van der Waals surface area contributed by atoms with E-state index in [0.29, 0.717) is 23.4 Å². The van der Waals surface area contributed by atoms with E-state index in [1.165, 1.54) is 35.0 Å². The predicted molar refractivity (Wildman–Crippen MR) is 141 cm³/mol.